The first-order chi connectivity index (χ1) is 9.97. The van der Waals surface area contributed by atoms with Gasteiger partial charge in [-0.3, -0.25) is 0 Å². The van der Waals surface area contributed by atoms with Crippen LogP contribution in [0.15, 0.2) is 18.2 Å². The molecule has 1 heterocycles. The van der Waals surface area contributed by atoms with E-state index in [-0.39, 0.29) is 6.04 Å². The number of piperidine rings is 1. The highest BCUT2D eigenvalue weighted by Gasteiger charge is 2.20. The molecule has 4 heteroatoms. The van der Waals surface area contributed by atoms with Crippen LogP contribution < -0.4 is 10.6 Å². The van der Waals surface area contributed by atoms with Crippen molar-refractivity contribution in [2.75, 3.05) is 38.6 Å². The average Bonchev–Trinajstić information content (AvgIpc) is 2.43. The molecule has 21 heavy (non-hydrogen) atoms. The lowest BCUT2D eigenvalue weighted by Gasteiger charge is -2.33. The zero-order valence-corrected chi connectivity index (χ0v) is 14.2. The van der Waals surface area contributed by atoms with Crippen molar-refractivity contribution in [3.8, 4) is 0 Å². The van der Waals surface area contributed by atoms with Gasteiger partial charge in [0.25, 0.3) is 0 Å². The minimum atomic E-state index is 0.125. The molecule has 1 aromatic carbocycles. The van der Waals surface area contributed by atoms with E-state index in [4.69, 9.17) is 17.3 Å². The summed E-state index contributed by atoms with van der Waals surface area (Å²) in [5.41, 5.74) is 8.40. The highest BCUT2D eigenvalue weighted by molar-refractivity contribution is 6.31. The lowest BCUT2D eigenvalue weighted by Crippen LogP contribution is -2.36. The number of likely N-dealkylation sites (tertiary alicyclic amines) is 1. The van der Waals surface area contributed by atoms with Gasteiger partial charge in [-0.2, -0.15) is 0 Å². The third kappa shape index (κ3) is 4.60. The Hall–Kier alpha value is -0.770. The summed E-state index contributed by atoms with van der Waals surface area (Å²) in [6.07, 6.45) is 3.39. The van der Waals surface area contributed by atoms with Crippen molar-refractivity contribution < 1.29 is 0 Å². The summed E-state index contributed by atoms with van der Waals surface area (Å²) < 4.78 is 0. The normalized spacial score (nSPS) is 18.7. The molecule has 0 amide bonds. The number of hydrogen-bond acceptors (Lipinski definition) is 3. The Morgan fingerprint density at radius 1 is 1.38 bits per heavy atom. The second kappa shape index (κ2) is 7.48. The van der Waals surface area contributed by atoms with Gasteiger partial charge >= 0.3 is 0 Å². The number of halogens is 1. The molecule has 118 valence electrons. The van der Waals surface area contributed by atoms with Gasteiger partial charge in [-0.25, -0.2) is 0 Å². The predicted octanol–water partition coefficient (Wildman–Crippen LogP) is 3.01. The van der Waals surface area contributed by atoms with E-state index in [9.17, 15) is 0 Å². The maximum atomic E-state index is 6.39. The number of nitrogens with zero attached hydrogens (tertiary/aromatic N) is 2. The Bertz CT molecular complexity index is 453. The first-order valence-corrected chi connectivity index (χ1v) is 8.27. The standard InChI is InChI=1S/C17H28ClN3/c1-13(19)11-15-16(18)5-4-6-17(15)21(3)12-14-7-9-20(2)10-8-14/h4-6,13-14H,7-12,19H2,1-3H3. The molecule has 1 aromatic rings. The molecule has 2 rings (SSSR count). The number of rotatable bonds is 5. The van der Waals surface area contributed by atoms with Crippen LogP contribution in [0.2, 0.25) is 5.02 Å². The molecule has 0 saturated carbocycles. The van der Waals surface area contributed by atoms with E-state index in [1.54, 1.807) is 0 Å². The summed E-state index contributed by atoms with van der Waals surface area (Å²) in [6, 6.07) is 6.29. The van der Waals surface area contributed by atoms with Crippen molar-refractivity contribution in [1.82, 2.24) is 4.90 Å². The molecule has 0 bridgehead atoms. The summed E-state index contributed by atoms with van der Waals surface area (Å²) in [5.74, 6) is 0.772. The lowest BCUT2D eigenvalue weighted by molar-refractivity contribution is 0.222. The van der Waals surface area contributed by atoms with Crippen molar-refractivity contribution >= 4 is 17.3 Å². The summed E-state index contributed by atoms with van der Waals surface area (Å²) in [7, 11) is 4.38. The molecule has 1 saturated heterocycles. The summed E-state index contributed by atoms with van der Waals surface area (Å²) >= 11 is 6.39. The molecule has 0 aromatic heterocycles. The van der Waals surface area contributed by atoms with Crippen molar-refractivity contribution in [2.24, 2.45) is 11.7 Å². The van der Waals surface area contributed by atoms with Crippen molar-refractivity contribution in [3.63, 3.8) is 0 Å². The van der Waals surface area contributed by atoms with Crippen LogP contribution in [-0.4, -0.2) is 44.7 Å². The molecule has 0 spiro atoms. The van der Waals surface area contributed by atoms with E-state index in [1.807, 2.05) is 19.1 Å². The fourth-order valence-corrected chi connectivity index (χ4v) is 3.41. The average molecular weight is 310 g/mol. The Balaban J connectivity index is 2.07. The van der Waals surface area contributed by atoms with Gasteiger partial charge in [0.15, 0.2) is 0 Å². The van der Waals surface area contributed by atoms with Crippen LogP contribution >= 0.6 is 11.6 Å². The van der Waals surface area contributed by atoms with Crippen LogP contribution in [0, 0.1) is 5.92 Å². The fourth-order valence-electron chi connectivity index (χ4n) is 3.16. The molecule has 1 aliphatic rings. The largest absolute Gasteiger partial charge is 0.374 e. The zero-order chi connectivity index (χ0) is 15.4. The number of anilines is 1. The molecule has 2 N–H and O–H groups in total. The molecule has 3 nitrogen and oxygen atoms in total. The number of nitrogens with two attached hydrogens (primary N) is 1. The van der Waals surface area contributed by atoms with Crippen molar-refractivity contribution in [1.29, 1.82) is 0 Å². The molecular formula is C17H28ClN3. The number of hydrogen-bond donors (Lipinski definition) is 1. The van der Waals surface area contributed by atoms with Gasteiger partial charge in [0.05, 0.1) is 0 Å². The topological polar surface area (TPSA) is 32.5 Å². The first kappa shape index (κ1) is 16.6. The molecule has 0 radical (unpaired) electrons. The molecule has 1 aliphatic heterocycles. The molecular weight excluding hydrogens is 282 g/mol. The predicted molar refractivity (Wildman–Crippen MR) is 92.3 cm³/mol. The second-order valence-corrected chi connectivity index (χ2v) is 6.95. The maximum absolute atomic E-state index is 6.39. The Kier molecular flexibility index (Phi) is 5.91. The van der Waals surface area contributed by atoms with E-state index in [1.165, 1.54) is 37.2 Å². The Labute approximate surface area is 134 Å². The van der Waals surface area contributed by atoms with E-state index < -0.39 is 0 Å². The summed E-state index contributed by atoms with van der Waals surface area (Å²) in [5, 5.41) is 0.833. The van der Waals surface area contributed by atoms with Crippen LogP contribution in [0.5, 0.6) is 0 Å². The first-order valence-electron chi connectivity index (χ1n) is 7.90. The third-order valence-corrected chi connectivity index (χ3v) is 4.76. The monoisotopic (exact) mass is 309 g/mol. The van der Waals surface area contributed by atoms with Crippen molar-refractivity contribution in [2.45, 2.75) is 32.2 Å². The van der Waals surface area contributed by atoms with Crippen LogP contribution in [0.3, 0.4) is 0 Å². The number of benzene rings is 1. The smallest absolute Gasteiger partial charge is 0.0459 e. The molecule has 0 aliphatic carbocycles. The fraction of sp³-hybridized carbons (Fsp3) is 0.647. The van der Waals surface area contributed by atoms with E-state index in [0.29, 0.717) is 0 Å². The van der Waals surface area contributed by atoms with Gasteiger partial charge in [-0.15, -0.1) is 0 Å². The lowest BCUT2D eigenvalue weighted by atomic mass is 9.96. The van der Waals surface area contributed by atoms with Gasteiger partial charge in [0.1, 0.15) is 0 Å². The molecule has 1 unspecified atom stereocenters. The van der Waals surface area contributed by atoms with Crippen LogP contribution in [0.4, 0.5) is 5.69 Å². The van der Waals surface area contributed by atoms with Crippen molar-refractivity contribution in [3.05, 3.63) is 28.8 Å². The van der Waals surface area contributed by atoms with E-state index in [0.717, 1.165) is 23.9 Å². The summed E-state index contributed by atoms with van der Waals surface area (Å²) in [4.78, 5) is 4.77. The van der Waals surface area contributed by atoms with E-state index >= 15 is 0 Å². The van der Waals surface area contributed by atoms with Gasteiger partial charge < -0.3 is 15.5 Å². The summed E-state index contributed by atoms with van der Waals surface area (Å²) in [6.45, 7) is 5.55. The Morgan fingerprint density at radius 2 is 2.05 bits per heavy atom. The third-order valence-electron chi connectivity index (χ3n) is 4.40. The quantitative estimate of drug-likeness (QED) is 0.907. The highest BCUT2D eigenvalue weighted by Crippen LogP contribution is 2.29. The molecule has 1 fully saturated rings. The van der Waals surface area contributed by atoms with Gasteiger partial charge in [0.2, 0.25) is 0 Å². The van der Waals surface area contributed by atoms with Gasteiger partial charge in [-0.1, -0.05) is 17.7 Å². The van der Waals surface area contributed by atoms with Gasteiger partial charge in [0, 0.05) is 30.3 Å². The van der Waals surface area contributed by atoms with Crippen LogP contribution in [-0.2, 0) is 6.42 Å². The second-order valence-electron chi connectivity index (χ2n) is 6.55. The zero-order valence-electron chi connectivity index (χ0n) is 13.5. The van der Waals surface area contributed by atoms with Crippen LogP contribution in [0.25, 0.3) is 0 Å². The Morgan fingerprint density at radius 3 is 2.67 bits per heavy atom. The van der Waals surface area contributed by atoms with Gasteiger partial charge in [-0.05, 0) is 69.9 Å². The molecule has 1 atom stereocenters. The SMILES string of the molecule is CC(N)Cc1c(Cl)cccc1N(C)CC1CCN(C)CC1. The highest BCUT2D eigenvalue weighted by atomic mass is 35.5. The van der Waals surface area contributed by atoms with Crippen LogP contribution in [0.1, 0.15) is 25.3 Å². The minimum Gasteiger partial charge on any atom is -0.374 e. The minimum absolute atomic E-state index is 0.125. The maximum Gasteiger partial charge on any atom is 0.0459 e. The van der Waals surface area contributed by atoms with E-state index in [2.05, 4.69) is 30.0 Å².